The summed E-state index contributed by atoms with van der Waals surface area (Å²) in [5.41, 5.74) is 4.26. The minimum Gasteiger partial charge on any atom is -0.418 e. The minimum absolute atomic E-state index is 0.238. The smallest absolute Gasteiger partial charge is 0.418 e. The zero-order valence-electron chi connectivity index (χ0n) is 19.5. The van der Waals surface area contributed by atoms with E-state index in [9.17, 15) is 17.3 Å². The maximum Gasteiger partial charge on any atom is 0.673 e. The SMILES string of the molecule is CN(c1ccccc1)c1nc2c(s1)C=C1SC(=[N+](C)c3ccccc3)N=C1C2(C)C.F[B-](F)(F)F. The standard InChI is InChI=1S/C24H23N4S2.BF4/c1-24(2)20-18(29-22(25-20)27(3)16-11-7-5-8-12-16)15-19-21(24)26-23(30-19)28(4)17-13-9-6-10-14-17;2-1(3,4)5/h5-15H,1-4H3;/q+1;-1. The lowest BCUT2D eigenvalue weighted by Gasteiger charge is -2.24. The maximum atomic E-state index is 9.75. The van der Waals surface area contributed by atoms with E-state index in [-0.39, 0.29) is 5.41 Å². The van der Waals surface area contributed by atoms with Gasteiger partial charge in [-0.15, -0.1) is 0 Å². The number of para-hydroxylation sites is 2. The Kier molecular flexibility index (Phi) is 6.92. The van der Waals surface area contributed by atoms with Crippen LogP contribution in [0.1, 0.15) is 24.4 Å². The Balaban J connectivity index is 0.000000527. The first-order valence-corrected chi connectivity index (χ1v) is 12.4. The number of fused-ring (bicyclic) bond motifs is 2. The van der Waals surface area contributed by atoms with Crippen LogP contribution in [0, 0.1) is 0 Å². The van der Waals surface area contributed by atoms with Gasteiger partial charge in [0.2, 0.25) is 0 Å². The number of thiazole rings is 1. The van der Waals surface area contributed by atoms with Gasteiger partial charge in [-0.1, -0.05) is 47.7 Å². The highest BCUT2D eigenvalue weighted by molar-refractivity contribution is 8.18. The third-order valence-corrected chi connectivity index (χ3v) is 7.75. The molecule has 2 aromatic carbocycles. The third-order valence-electron chi connectivity index (χ3n) is 5.59. The van der Waals surface area contributed by atoms with Crippen LogP contribution in [0.2, 0.25) is 0 Å². The number of aliphatic imine (C=N–C) groups is 1. The molecular formula is C24H23BF4N4S2. The fourth-order valence-corrected chi connectivity index (χ4v) is 6.15. The fourth-order valence-electron chi connectivity index (χ4n) is 3.77. The summed E-state index contributed by atoms with van der Waals surface area (Å²) in [5, 5.41) is 2.01. The summed E-state index contributed by atoms with van der Waals surface area (Å²) >= 11 is 3.49. The number of amidine groups is 1. The maximum absolute atomic E-state index is 9.75. The van der Waals surface area contributed by atoms with Crippen LogP contribution in [0.5, 0.6) is 0 Å². The molecule has 4 nitrogen and oxygen atoms in total. The van der Waals surface area contributed by atoms with E-state index in [2.05, 4.69) is 92.0 Å². The summed E-state index contributed by atoms with van der Waals surface area (Å²) < 4.78 is 41.2. The van der Waals surface area contributed by atoms with Gasteiger partial charge < -0.3 is 22.2 Å². The van der Waals surface area contributed by atoms with Crippen molar-refractivity contribution in [3.8, 4) is 0 Å². The topological polar surface area (TPSA) is 31.5 Å². The Bertz CT molecular complexity index is 1310. The second-order valence-corrected chi connectivity index (χ2v) is 10.5. The lowest BCUT2D eigenvalue weighted by atomic mass is 9.80. The molecule has 1 aromatic heterocycles. The number of hydrogen-bond acceptors (Lipinski definition) is 4. The molecule has 35 heavy (non-hydrogen) atoms. The zero-order chi connectivity index (χ0) is 25.4. The molecule has 0 amide bonds. The number of aromatic nitrogens is 1. The van der Waals surface area contributed by atoms with Crippen molar-refractivity contribution in [3.05, 3.63) is 76.1 Å². The number of thioether (sulfide) groups is 1. The first kappa shape index (κ1) is 25.2. The number of halogens is 4. The summed E-state index contributed by atoms with van der Waals surface area (Å²) in [6, 6.07) is 20.7. The van der Waals surface area contributed by atoms with Crippen molar-refractivity contribution in [2.45, 2.75) is 19.3 Å². The second-order valence-electron chi connectivity index (χ2n) is 8.47. The molecule has 0 bridgehead atoms. The molecule has 2 aliphatic rings. The molecule has 1 aliphatic heterocycles. The molecule has 1 aliphatic carbocycles. The predicted molar refractivity (Wildman–Crippen MR) is 140 cm³/mol. The molecular weight excluding hydrogens is 495 g/mol. The van der Waals surface area contributed by atoms with Gasteiger partial charge in [-0.2, -0.15) is 0 Å². The minimum atomic E-state index is -6.00. The molecule has 0 saturated heterocycles. The van der Waals surface area contributed by atoms with Gasteiger partial charge in [0.1, 0.15) is 5.69 Å². The lowest BCUT2D eigenvalue weighted by Crippen LogP contribution is -2.32. The number of anilines is 2. The van der Waals surface area contributed by atoms with E-state index >= 15 is 0 Å². The average Bonchev–Trinajstić information content (AvgIpc) is 3.44. The summed E-state index contributed by atoms with van der Waals surface area (Å²) in [6.45, 7) is 4.46. The highest BCUT2D eigenvalue weighted by Crippen LogP contribution is 2.47. The number of rotatable bonds is 3. The molecule has 5 rings (SSSR count). The van der Waals surface area contributed by atoms with E-state index in [1.54, 1.807) is 23.1 Å². The van der Waals surface area contributed by atoms with E-state index in [1.165, 1.54) is 9.78 Å². The van der Waals surface area contributed by atoms with Crippen molar-refractivity contribution >= 4 is 63.8 Å². The Morgan fingerprint density at radius 3 is 2.11 bits per heavy atom. The molecule has 0 unspecified atom stereocenters. The van der Waals surface area contributed by atoms with Crippen LogP contribution < -0.4 is 4.90 Å². The van der Waals surface area contributed by atoms with Crippen molar-refractivity contribution in [2.75, 3.05) is 19.0 Å². The molecule has 2 heterocycles. The highest BCUT2D eigenvalue weighted by atomic mass is 32.2. The summed E-state index contributed by atoms with van der Waals surface area (Å²) in [7, 11) is -1.85. The monoisotopic (exact) mass is 518 g/mol. The molecule has 0 fully saturated rings. The van der Waals surface area contributed by atoms with E-state index in [0.717, 1.165) is 33.1 Å². The molecule has 0 N–H and O–H groups in total. The molecule has 0 atom stereocenters. The fraction of sp³-hybridized carbons (Fsp3) is 0.208. The van der Waals surface area contributed by atoms with Crippen LogP contribution in [0.25, 0.3) is 6.08 Å². The van der Waals surface area contributed by atoms with Crippen LogP contribution in [-0.4, -0.2) is 41.8 Å². The van der Waals surface area contributed by atoms with Crippen molar-refractivity contribution in [2.24, 2.45) is 4.99 Å². The predicted octanol–water partition coefficient (Wildman–Crippen LogP) is 7.36. The van der Waals surface area contributed by atoms with Crippen LogP contribution in [0.3, 0.4) is 0 Å². The van der Waals surface area contributed by atoms with Gasteiger partial charge in [0, 0.05) is 24.5 Å². The zero-order valence-corrected chi connectivity index (χ0v) is 21.2. The molecule has 0 spiro atoms. The Morgan fingerprint density at radius 1 is 0.943 bits per heavy atom. The van der Waals surface area contributed by atoms with Gasteiger partial charge in [-0.25, -0.2) is 9.56 Å². The molecule has 11 heteroatoms. The summed E-state index contributed by atoms with van der Waals surface area (Å²) in [5.74, 6) is 0. The Morgan fingerprint density at radius 2 is 1.51 bits per heavy atom. The van der Waals surface area contributed by atoms with E-state index in [1.807, 2.05) is 12.1 Å². The van der Waals surface area contributed by atoms with Crippen molar-refractivity contribution in [3.63, 3.8) is 0 Å². The first-order valence-electron chi connectivity index (χ1n) is 10.8. The Labute approximate surface area is 209 Å². The number of benzene rings is 2. The largest absolute Gasteiger partial charge is 0.673 e. The molecule has 0 radical (unpaired) electrons. The van der Waals surface area contributed by atoms with Gasteiger partial charge in [-0.3, -0.25) is 0 Å². The van der Waals surface area contributed by atoms with E-state index in [0.29, 0.717) is 0 Å². The van der Waals surface area contributed by atoms with Gasteiger partial charge in [0.15, 0.2) is 10.8 Å². The quantitative estimate of drug-likeness (QED) is 0.206. The summed E-state index contributed by atoms with van der Waals surface area (Å²) in [6.07, 6.45) is 2.26. The summed E-state index contributed by atoms with van der Waals surface area (Å²) in [4.78, 5) is 14.7. The van der Waals surface area contributed by atoms with E-state index in [4.69, 9.17) is 9.98 Å². The van der Waals surface area contributed by atoms with Crippen LogP contribution >= 0.6 is 23.1 Å². The van der Waals surface area contributed by atoms with Crippen LogP contribution in [0.15, 0.2) is 70.6 Å². The van der Waals surface area contributed by atoms with Crippen molar-refractivity contribution in [1.29, 1.82) is 0 Å². The van der Waals surface area contributed by atoms with Gasteiger partial charge in [0.25, 0.3) is 0 Å². The number of nitrogens with zero attached hydrogens (tertiary/aromatic N) is 4. The number of hydrogen-bond donors (Lipinski definition) is 0. The second kappa shape index (κ2) is 9.62. The molecule has 3 aromatic rings. The van der Waals surface area contributed by atoms with Crippen LogP contribution in [-0.2, 0) is 5.41 Å². The molecule has 0 saturated carbocycles. The average molecular weight is 518 g/mol. The van der Waals surface area contributed by atoms with Gasteiger partial charge in [0.05, 0.1) is 27.9 Å². The van der Waals surface area contributed by atoms with Gasteiger partial charge >= 0.3 is 12.4 Å². The van der Waals surface area contributed by atoms with Crippen LogP contribution in [0.4, 0.5) is 33.8 Å². The van der Waals surface area contributed by atoms with Gasteiger partial charge in [-0.05, 0) is 49.2 Å². The molecule has 182 valence electrons. The van der Waals surface area contributed by atoms with E-state index < -0.39 is 7.25 Å². The third kappa shape index (κ3) is 5.51. The normalized spacial score (nSPS) is 17.4. The highest BCUT2D eigenvalue weighted by Gasteiger charge is 2.47. The first-order chi connectivity index (χ1) is 16.4. The Hall–Kier alpha value is -2.92. The number of allylic oxidation sites excluding steroid dienone is 1. The van der Waals surface area contributed by atoms with Crippen molar-refractivity contribution in [1.82, 2.24) is 4.98 Å². The van der Waals surface area contributed by atoms with Crippen molar-refractivity contribution < 1.29 is 21.8 Å². The lowest BCUT2D eigenvalue weighted by molar-refractivity contribution is -0.402.